The summed E-state index contributed by atoms with van der Waals surface area (Å²) in [5, 5.41) is 11.9. The topological polar surface area (TPSA) is 66.4 Å². The molecule has 0 aliphatic carbocycles. The van der Waals surface area contributed by atoms with Crippen LogP contribution in [0.3, 0.4) is 0 Å². The lowest BCUT2D eigenvalue weighted by atomic mass is 10.1. The van der Waals surface area contributed by atoms with Crippen molar-refractivity contribution in [1.82, 2.24) is 5.32 Å². The number of carboxylic acid groups (broad SMARTS) is 1. The summed E-state index contributed by atoms with van der Waals surface area (Å²) in [5.74, 6) is -1.29. The molecule has 1 atom stereocenters. The molecule has 2 rings (SSSR count). The summed E-state index contributed by atoms with van der Waals surface area (Å²) in [4.78, 5) is 23.4. The third-order valence-corrected chi connectivity index (χ3v) is 4.27. The van der Waals surface area contributed by atoms with Crippen LogP contribution in [0.5, 0.6) is 0 Å². The lowest BCUT2D eigenvalue weighted by Crippen LogP contribution is -2.42. The van der Waals surface area contributed by atoms with Gasteiger partial charge in [0.05, 0.1) is 0 Å². The quantitative estimate of drug-likeness (QED) is 0.780. The van der Waals surface area contributed by atoms with Crippen LogP contribution in [-0.4, -0.2) is 23.0 Å². The first-order chi connectivity index (χ1) is 11.1. The Kier molecular flexibility index (Phi) is 6.35. The molecular weight excluding hydrogens is 358 g/mol. The van der Waals surface area contributed by atoms with Crippen LogP contribution in [0.4, 0.5) is 0 Å². The van der Waals surface area contributed by atoms with Crippen LogP contribution >= 0.6 is 15.9 Å². The van der Waals surface area contributed by atoms with Crippen molar-refractivity contribution in [3.63, 3.8) is 0 Å². The average molecular weight is 376 g/mol. The highest BCUT2D eigenvalue weighted by Gasteiger charge is 2.21. The van der Waals surface area contributed by atoms with E-state index in [0.717, 1.165) is 15.6 Å². The molecule has 2 aromatic rings. The van der Waals surface area contributed by atoms with Crippen molar-refractivity contribution in [2.75, 3.05) is 0 Å². The van der Waals surface area contributed by atoms with Crippen LogP contribution in [0.2, 0.25) is 0 Å². The maximum atomic E-state index is 12.0. The maximum absolute atomic E-state index is 12.0. The van der Waals surface area contributed by atoms with Gasteiger partial charge in [-0.15, -0.1) is 0 Å². The zero-order chi connectivity index (χ0) is 16.7. The van der Waals surface area contributed by atoms with E-state index >= 15 is 0 Å². The number of carboxylic acids is 1. The third-order valence-electron chi connectivity index (χ3n) is 3.50. The van der Waals surface area contributed by atoms with Gasteiger partial charge in [-0.25, -0.2) is 4.79 Å². The van der Waals surface area contributed by atoms with Crippen molar-refractivity contribution in [3.8, 4) is 0 Å². The van der Waals surface area contributed by atoms with Crippen molar-refractivity contribution in [2.24, 2.45) is 0 Å². The Morgan fingerprint density at radius 1 is 1.04 bits per heavy atom. The summed E-state index contributed by atoms with van der Waals surface area (Å²) in [5.41, 5.74) is 1.91. The second-order valence-electron chi connectivity index (χ2n) is 5.24. The molecule has 0 radical (unpaired) electrons. The van der Waals surface area contributed by atoms with Gasteiger partial charge in [0.2, 0.25) is 5.91 Å². The first kappa shape index (κ1) is 17.2. The van der Waals surface area contributed by atoms with Crippen molar-refractivity contribution in [3.05, 3.63) is 70.2 Å². The Hall–Kier alpha value is -2.14. The molecule has 0 saturated heterocycles. The number of rotatable bonds is 7. The number of carbonyl (C=O) groups is 2. The molecule has 0 bridgehead atoms. The van der Waals surface area contributed by atoms with E-state index in [-0.39, 0.29) is 18.7 Å². The Labute approximate surface area is 143 Å². The average Bonchev–Trinajstić information content (AvgIpc) is 2.55. The minimum absolute atomic E-state index is 0.244. The number of halogens is 1. The fourth-order valence-electron chi connectivity index (χ4n) is 2.25. The first-order valence-electron chi connectivity index (χ1n) is 7.36. The standard InChI is InChI=1S/C18H18BrNO3/c19-15-9-5-4-8-14(15)12-16(18(22)23)20-17(21)11-10-13-6-2-1-3-7-13/h1-9,16H,10-12H2,(H,20,21)(H,22,23)/t16-/m0/s1. The molecule has 0 aliphatic heterocycles. The summed E-state index contributed by atoms with van der Waals surface area (Å²) in [6, 6.07) is 16.1. The van der Waals surface area contributed by atoms with E-state index in [1.165, 1.54) is 0 Å². The second-order valence-corrected chi connectivity index (χ2v) is 6.09. The summed E-state index contributed by atoms with van der Waals surface area (Å²) >= 11 is 3.40. The van der Waals surface area contributed by atoms with E-state index in [1.807, 2.05) is 54.6 Å². The van der Waals surface area contributed by atoms with Gasteiger partial charge in [0.1, 0.15) is 6.04 Å². The van der Waals surface area contributed by atoms with Gasteiger partial charge in [-0.05, 0) is 23.6 Å². The SMILES string of the molecule is O=C(CCc1ccccc1)N[C@@H](Cc1ccccc1Br)C(=O)O. The molecular formula is C18H18BrNO3. The van der Waals surface area contributed by atoms with Gasteiger partial charge in [0.25, 0.3) is 0 Å². The molecule has 2 N–H and O–H groups in total. The highest BCUT2D eigenvalue weighted by Crippen LogP contribution is 2.17. The van der Waals surface area contributed by atoms with Gasteiger partial charge in [-0.1, -0.05) is 64.5 Å². The number of aryl methyl sites for hydroxylation is 1. The third kappa shape index (κ3) is 5.53. The van der Waals surface area contributed by atoms with Crippen LogP contribution in [0.15, 0.2) is 59.1 Å². The van der Waals surface area contributed by atoms with E-state index in [1.54, 1.807) is 0 Å². The highest BCUT2D eigenvalue weighted by atomic mass is 79.9. The molecule has 5 heteroatoms. The number of amides is 1. The van der Waals surface area contributed by atoms with E-state index in [4.69, 9.17) is 0 Å². The Morgan fingerprint density at radius 3 is 2.35 bits per heavy atom. The summed E-state index contributed by atoms with van der Waals surface area (Å²) in [6.45, 7) is 0. The fourth-order valence-corrected chi connectivity index (χ4v) is 2.70. The number of hydrogen-bond acceptors (Lipinski definition) is 2. The van der Waals surface area contributed by atoms with Crippen molar-refractivity contribution < 1.29 is 14.7 Å². The Bertz CT molecular complexity index is 673. The molecule has 0 spiro atoms. The van der Waals surface area contributed by atoms with Gasteiger partial charge in [0, 0.05) is 17.3 Å². The van der Waals surface area contributed by atoms with Gasteiger partial charge >= 0.3 is 5.97 Å². The van der Waals surface area contributed by atoms with Crippen LogP contribution in [0.25, 0.3) is 0 Å². The largest absolute Gasteiger partial charge is 0.480 e. The Morgan fingerprint density at radius 2 is 1.70 bits per heavy atom. The zero-order valence-electron chi connectivity index (χ0n) is 12.5. The van der Waals surface area contributed by atoms with Crippen LogP contribution in [-0.2, 0) is 22.4 Å². The molecule has 120 valence electrons. The molecule has 4 nitrogen and oxygen atoms in total. The lowest BCUT2D eigenvalue weighted by molar-refractivity contribution is -0.141. The maximum Gasteiger partial charge on any atom is 0.326 e. The summed E-state index contributed by atoms with van der Waals surface area (Å²) in [6.07, 6.45) is 1.10. The van der Waals surface area contributed by atoms with Crippen molar-refractivity contribution in [1.29, 1.82) is 0 Å². The van der Waals surface area contributed by atoms with E-state index < -0.39 is 12.0 Å². The van der Waals surface area contributed by atoms with Gasteiger partial charge < -0.3 is 10.4 Å². The van der Waals surface area contributed by atoms with Crippen LogP contribution < -0.4 is 5.32 Å². The second kappa shape index (κ2) is 8.48. The number of hydrogen-bond donors (Lipinski definition) is 2. The molecule has 23 heavy (non-hydrogen) atoms. The highest BCUT2D eigenvalue weighted by molar-refractivity contribution is 9.10. The van der Waals surface area contributed by atoms with Gasteiger partial charge in [0.15, 0.2) is 0 Å². The number of benzene rings is 2. The predicted octanol–water partition coefficient (Wildman–Crippen LogP) is 3.19. The first-order valence-corrected chi connectivity index (χ1v) is 8.15. The Balaban J connectivity index is 1.92. The minimum Gasteiger partial charge on any atom is -0.480 e. The monoisotopic (exact) mass is 375 g/mol. The van der Waals surface area contributed by atoms with E-state index in [2.05, 4.69) is 21.2 Å². The number of nitrogens with one attached hydrogen (secondary N) is 1. The molecule has 0 saturated carbocycles. The molecule has 0 heterocycles. The molecule has 0 unspecified atom stereocenters. The number of aliphatic carboxylic acids is 1. The van der Waals surface area contributed by atoms with Crippen LogP contribution in [0, 0.1) is 0 Å². The zero-order valence-corrected chi connectivity index (χ0v) is 14.1. The van der Waals surface area contributed by atoms with Crippen LogP contribution in [0.1, 0.15) is 17.5 Å². The molecule has 0 aliphatic rings. The van der Waals surface area contributed by atoms with Gasteiger partial charge in [-0.2, -0.15) is 0 Å². The lowest BCUT2D eigenvalue weighted by Gasteiger charge is -2.15. The number of carbonyl (C=O) groups excluding carboxylic acids is 1. The predicted molar refractivity (Wildman–Crippen MR) is 92.2 cm³/mol. The molecule has 0 fully saturated rings. The van der Waals surface area contributed by atoms with Crippen molar-refractivity contribution >= 4 is 27.8 Å². The summed E-state index contributed by atoms with van der Waals surface area (Å²) < 4.78 is 0.838. The molecule has 2 aromatic carbocycles. The summed E-state index contributed by atoms with van der Waals surface area (Å²) in [7, 11) is 0. The smallest absolute Gasteiger partial charge is 0.326 e. The molecule has 1 amide bonds. The molecule has 0 aromatic heterocycles. The fraction of sp³-hybridized carbons (Fsp3) is 0.222. The van der Waals surface area contributed by atoms with Gasteiger partial charge in [-0.3, -0.25) is 4.79 Å². The minimum atomic E-state index is -1.03. The van der Waals surface area contributed by atoms with Crippen molar-refractivity contribution in [2.45, 2.75) is 25.3 Å². The normalized spacial score (nSPS) is 11.7. The van der Waals surface area contributed by atoms with E-state index in [0.29, 0.717) is 6.42 Å². The van der Waals surface area contributed by atoms with E-state index in [9.17, 15) is 14.7 Å².